The molecule has 2 bridgehead atoms. The number of rotatable bonds is 19. The predicted molar refractivity (Wildman–Crippen MR) is 258 cm³/mol. The first-order valence-corrected chi connectivity index (χ1v) is 26.0. The first kappa shape index (κ1) is 54.3. The molecular weight excluding hydrogens is 931 g/mol. The highest BCUT2D eigenvalue weighted by Gasteiger charge is 2.78. The third-order valence-corrected chi connectivity index (χ3v) is 16.8. The van der Waals surface area contributed by atoms with Crippen molar-refractivity contribution in [3.05, 3.63) is 82.9 Å². The largest absolute Gasteiger partial charge is 0.509 e. The molecule has 1 aliphatic heterocycles. The summed E-state index contributed by atoms with van der Waals surface area (Å²) in [4.78, 5) is 72.1. The van der Waals surface area contributed by atoms with Crippen LogP contribution in [0.4, 0.5) is 4.79 Å². The lowest BCUT2D eigenvalue weighted by atomic mass is 9.43. The molecule has 0 unspecified atom stereocenters. The van der Waals surface area contributed by atoms with E-state index in [1.165, 1.54) is 24.8 Å². The van der Waals surface area contributed by atoms with Crippen LogP contribution in [0.25, 0.3) is 0 Å². The number of benzene rings is 2. The molecule has 18 heteroatoms. The van der Waals surface area contributed by atoms with E-state index in [1.54, 1.807) is 99.2 Å². The number of ketones is 1. The Morgan fingerprint density at radius 1 is 0.971 bits per heavy atom. The van der Waals surface area contributed by atoms with Crippen LogP contribution in [-0.4, -0.2) is 133 Å². The molecule has 1 heterocycles. The lowest BCUT2D eigenvalue weighted by Crippen LogP contribution is -2.81. The van der Waals surface area contributed by atoms with E-state index in [-0.39, 0.29) is 37.5 Å². The van der Waals surface area contributed by atoms with Crippen LogP contribution in [0.15, 0.2) is 71.8 Å². The number of hydrogen-bond donors (Lipinski definition) is 3. The Bertz CT molecular complexity index is 2180. The molecule has 0 aromatic heterocycles. The summed E-state index contributed by atoms with van der Waals surface area (Å²) >= 11 is 0. The molecule has 0 spiro atoms. The topological polar surface area (TPSA) is 212 Å². The number of fused-ring (bicyclic) bond motifs is 5. The number of nitrogens with one attached hydrogen (secondary N) is 1. The minimum absolute atomic E-state index is 0.00108. The van der Waals surface area contributed by atoms with E-state index in [2.05, 4.69) is 12.2 Å². The zero-order valence-corrected chi connectivity index (χ0v) is 42.9. The van der Waals surface area contributed by atoms with Gasteiger partial charge in [-0.3, -0.25) is 14.9 Å². The van der Waals surface area contributed by atoms with Crippen molar-refractivity contribution in [1.29, 1.82) is 0 Å². The second kappa shape index (κ2) is 22.2. The van der Waals surface area contributed by atoms with Crippen LogP contribution in [-0.2, 0) is 52.3 Å². The lowest BCUT2D eigenvalue weighted by molar-refractivity contribution is -0.347. The van der Waals surface area contributed by atoms with Crippen LogP contribution in [0.3, 0.4) is 0 Å². The van der Waals surface area contributed by atoms with Gasteiger partial charge in [0.1, 0.15) is 30.5 Å². The molecule has 3 N–H and O–H groups in total. The van der Waals surface area contributed by atoms with Crippen molar-refractivity contribution in [2.75, 3.05) is 45.2 Å². The highest BCUT2D eigenvalue weighted by molar-refractivity contribution is 8.76. The van der Waals surface area contributed by atoms with E-state index < -0.39 is 119 Å². The molecule has 6 rings (SSSR count). The van der Waals surface area contributed by atoms with Gasteiger partial charge in [0.2, 0.25) is 6.10 Å². The van der Waals surface area contributed by atoms with Crippen LogP contribution in [0, 0.1) is 22.7 Å². The number of carbonyl (C=O) groups is 5. The summed E-state index contributed by atoms with van der Waals surface area (Å²) in [6.07, 6.45) is -7.06. The van der Waals surface area contributed by atoms with Crippen LogP contribution in [0.5, 0.6) is 0 Å². The molecule has 4 aliphatic rings. The Balaban J connectivity index is 1.50. The summed E-state index contributed by atoms with van der Waals surface area (Å²) in [5, 5.41) is 28.6. The summed E-state index contributed by atoms with van der Waals surface area (Å²) in [5.74, 6) is -4.41. The number of esters is 3. The van der Waals surface area contributed by atoms with Gasteiger partial charge in [-0.05, 0) is 69.9 Å². The van der Waals surface area contributed by atoms with Gasteiger partial charge in [-0.15, -0.1) is 0 Å². The molecule has 0 radical (unpaired) electrons. The van der Waals surface area contributed by atoms with E-state index >= 15 is 9.59 Å². The summed E-state index contributed by atoms with van der Waals surface area (Å²) in [6.45, 7) is 14.5. The van der Waals surface area contributed by atoms with Gasteiger partial charge in [-0.1, -0.05) is 90.9 Å². The third-order valence-electron chi connectivity index (χ3n) is 14.2. The number of aliphatic hydroxyl groups is 2. The molecule has 3 aliphatic carbocycles. The third kappa shape index (κ3) is 10.9. The quantitative estimate of drug-likeness (QED) is 0.0324. The Labute approximate surface area is 413 Å². The summed E-state index contributed by atoms with van der Waals surface area (Å²) in [7, 11) is 4.61. The van der Waals surface area contributed by atoms with Crippen LogP contribution in [0.2, 0.25) is 0 Å². The summed E-state index contributed by atoms with van der Waals surface area (Å²) in [5.41, 5.74) is -6.45. The molecule has 69 heavy (non-hydrogen) atoms. The lowest BCUT2D eigenvalue weighted by Gasteiger charge is -2.68. The van der Waals surface area contributed by atoms with Gasteiger partial charge < -0.3 is 48.1 Å². The molecule has 2 aromatic carbocycles. The SMILES string of the molecule is CCCSSCCOC(=O)O[C@@H](C(=O)O[C@H]1C[C@@]2(O)[C@@H](OC(=O)c3ccccc3)[C@@H]3[C@]4(OC(C)=O)CO[C@@H]4C[C@H](OC)[C@@]3(C)C(=O)[C@H](CO)C(=C1C)C2(C)C)[C@@H](NCOC(C)(C)C)c1ccccc1. The van der Waals surface area contributed by atoms with E-state index in [0.29, 0.717) is 16.9 Å². The molecule has 380 valence electrons. The maximum Gasteiger partial charge on any atom is 0.509 e. The zero-order valence-electron chi connectivity index (χ0n) is 41.3. The fourth-order valence-electron chi connectivity index (χ4n) is 10.9. The Morgan fingerprint density at radius 3 is 2.20 bits per heavy atom. The Kier molecular flexibility index (Phi) is 17.5. The van der Waals surface area contributed by atoms with Crippen LogP contribution >= 0.6 is 21.6 Å². The second-order valence-corrected chi connectivity index (χ2v) is 22.6. The van der Waals surface area contributed by atoms with Gasteiger partial charge >= 0.3 is 24.1 Å². The van der Waals surface area contributed by atoms with Gasteiger partial charge in [0, 0.05) is 43.8 Å². The monoisotopic (exact) mass is 999 g/mol. The molecule has 0 amide bonds. The standard InChI is InChI=1S/C51H69NO15S2/c1-11-23-68-69-24-22-61-46(58)65-40(39(32-18-14-12-15-19-32)52-29-63-47(4,5)6)45(57)64-35-26-51(59)43(66-44(56)33-20-16-13-17-21-33)41-49(9,42(55)34(27-53)38(30(35)2)48(51,7)8)36(60-10)25-37-50(41,28-62-37)67-31(3)54/h12-21,34-37,39-41,43,52-53,59H,11,22-29H2,1-10H3/t34-,35+,36+,37-,39+,40-,41+,43+,49-,50+,51-/m1/s1. The fraction of sp³-hybridized carbons (Fsp3) is 0.627. The highest BCUT2D eigenvalue weighted by atomic mass is 33.1. The average molecular weight is 1000 g/mol. The van der Waals surface area contributed by atoms with E-state index in [0.717, 1.165) is 12.2 Å². The predicted octanol–water partition coefficient (Wildman–Crippen LogP) is 6.95. The van der Waals surface area contributed by atoms with Crippen molar-refractivity contribution in [3.8, 4) is 0 Å². The van der Waals surface area contributed by atoms with Gasteiger partial charge in [0.15, 0.2) is 11.4 Å². The maximum atomic E-state index is 15.8. The van der Waals surface area contributed by atoms with Crippen LogP contribution in [0.1, 0.15) is 104 Å². The minimum Gasteiger partial charge on any atom is -0.455 e. The van der Waals surface area contributed by atoms with Crippen molar-refractivity contribution >= 4 is 51.4 Å². The zero-order chi connectivity index (χ0) is 50.5. The molecule has 2 aromatic rings. The molecule has 2 saturated carbocycles. The number of carbonyl (C=O) groups excluding carboxylic acids is 5. The van der Waals surface area contributed by atoms with Crippen molar-refractivity contribution in [1.82, 2.24) is 5.32 Å². The normalized spacial score (nSPS) is 30.2. The average Bonchev–Trinajstić information content (AvgIpc) is 3.29. The number of aliphatic hydroxyl groups excluding tert-OH is 1. The van der Waals surface area contributed by atoms with Crippen molar-refractivity contribution < 1.29 is 72.1 Å². The van der Waals surface area contributed by atoms with E-state index in [9.17, 15) is 24.6 Å². The number of ether oxygens (including phenoxy) is 8. The summed E-state index contributed by atoms with van der Waals surface area (Å²) < 4.78 is 48.8. The van der Waals surface area contributed by atoms with Crippen molar-refractivity contribution in [3.63, 3.8) is 0 Å². The molecule has 3 fully saturated rings. The first-order chi connectivity index (χ1) is 32.6. The minimum atomic E-state index is -2.26. The van der Waals surface area contributed by atoms with Gasteiger partial charge in [0.05, 0.1) is 60.5 Å². The molecule has 11 atom stereocenters. The molecule has 16 nitrogen and oxygen atoms in total. The van der Waals surface area contributed by atoms with E-state index in [4.69, 9.17) is 37.9 Å². The van der Waals surface area contributed by atoms with Gasteiger partial charge in [0.25, 0.3) is 0 Å². The number of methoxy groups -OCH3 is 1. The Morgan fingerprint density at radius 2 is 1.62 bits per heavy atom. The molecular formula is C51H69NO15S2. The maximum absolute atomic E-state index is 15.8. The smallest absolute Gasteiger partial charge is 0.455 e. The number of Topliss-reactive ketones (excluding diaryl/α,β-unsaturated/α-hetero) is 1. The van der Waals surface area contributed by atoms with Gasteiger partial charge in [-0.2, -0.15) is 0 Å². The number of hydrogen-bond acceptors (Lipinski definition) is 18. The van der Waals surface area contributed by atoms with E-state index in [1.807, 2.05) is 20.8 Å². The van der Waals surface area contributed by atoms with Crippen LogP contribution < -0.4 is 5.32 Å². The van der Waals surface area contributed by atoms with Gasteiger partial charge in [-0.25, -0.2) is 14.4 Å². The Hall–Kier alpha value is -4.01. The summed E-state index contributed by atoms with van der Waals surface area (Å²) in [6, 6.07) is 15.9. The highest BCUT2D eigenvalue weighted by Crippen LogP contribution is 2.65. The molecule has 1 saturated heterocycles. The van der Waals surface area contributed by atoms with Crippen molar-refractivity contribution in [2.24, 2.45) is 22.7 Å². The first-order valence-electron chi connectivity index (χ1n) is 23.5. The second-order valence-electron chi connectivity index (χ2n) is 19.9. The fourth-order valence-corrected chi connectivity index (χ4v) is 12.8. The van der Waals surface area contributed by atoms with Crippen molar-refractivity contribution in [2.45, 2.75) is 135 Å².